The molecular formula is C11H12FN5O. The summed E-state index contributed by atoms with van der Waals surface area (Å²) in [4.78, 5) is 24.0. The van der Waals surface area contributed by atoms with Gasteiger partial charge >= 0.3 is 0 Å². The molecule has 18 heavy (non-hydrogen) atoms. The number of alkyl halides is 1. The van der Waals surface area contributed by atoms with Crippen molar-refractivity contribution in [2.24, 2.45) is 5.73 Å². The van der Waals surface area contributed by atoms with Crippen LogP contribution in [0.4, 0.5) is 10.2 Å². The van der Waals surface area contributed by atoms with Crippen molar-refractivity contribution in [2.75, 3.05) is 18.0 Å². The highest BCUT2D eigenvalue weighted by atomic mass is 19.1. The van der Waals surface area contributed by atoms with Gasteiger partial charge in [-0.1, -0.05) is 0 Å². The maximum atomic E-state index is 14.1. The quantitative estimate of drug-likeness (QED) is 0.804. The minimum absolute atomic E-state index is 0.0559. The molecule has 3 rings (SSSR count). The molecule has 0 aromatic carbocycles. The largest absolute Gasteiger partial charge is 0.367 e. The second-order valence-electron chi connectivity index (χ2n) is 4.44. The third-order valence-corrected chi connectivity index (χ3v) is 3.29. The minimum Gasteiger partial charge on any atom is -0.367 e. The van der Waals surface area contributed by atoms with Gasteiger partial charge in [0.2, 0.25) is 5.67 Å². The number of H-pyrrole nitrogens is 1. The van der Waals surface area contributed by atoms with Crippen molar-refractivity contribution in [1.29, 1.82) is 0 Å². The van der Waals surface area contributed by atoms with E-state index in [2.05, 4.69) is 15.0 Å². The van der Waals surface area contributed by atoms with Crippen LogP contribution in [0.3, 0.4) is 0 Å². The average Bonchev–Trinajstić information content (AvgIpc) is 2.95. The number of amides is 1. The van der Waals surface area contributed by atoms with Crippen molar-refractivity contribution in [2.45, 2.75) is 12.1 Å². The zero-order valence-electron chi connectivity index (χ0n) is 9.56. The van der Waals surface area contributed by atoms with Crippen LogP contribution in [-0.2, 0) is 4.79 Å². The fraction of sp³-hybridized carbons (Fsp3) is 0.364. The highest BCUT2D eigenvalue weighted by Gasteiger charge is 2.44. The molecule has 0 aliphatic carbocycles. The smallest absolute Gasteiger partial charge is 0.257 e. The first-order valence-electron chi connectivity index (χ1n) is 5.62. The maximum Gasteiger partial charge on any atom is 0.257 e. The number of hydrogen-bond donors (Lipinski definition) is 2. The normalized spacial score (nSPS) is 23.7. The fourth-order valence-electron chi connectivity index (χ4n) is 2.27. The summed E-state index contributed by atoms with van der Waals surface area (Å²) in [6, 6.07) is 1.83. The van der Waals surface area contributed by atoms with Crippen LogP contribution in [-0.4, -0.2) is 39.6 Å². The first-order chi connectivity index (χ1) is 8.60. The fourth-order valence-corrected chi connectivity index (χ4v) is 2.27. The number of nitrogens with zero attached hydrogens (tertiary/aromatic N) is 3. The summed E-state index contributed by atoms with van der Waals surface area (Å²) in [5.41, 5.74) is 3.81. The van der Waals surface area contributed by atoms with Gasteiger partial charge in [0.1, 0.15) is 17.8 Å². The summed E-state index contributed by atoms with van der Waals surface area (Å²) >= 11 is 0. The Labute approximate surface area is 102 Å². The third-order valence-electron chi connectivity index (χ3n) is 3.29. The monoisotopic (exact) mass is 249 g/mol. The van der Waals surface area contributed by atoms with Crippen LogP contribution in [0.25, 0.3) is 11.0 Å². The lowest BCUT2D eigenvalue weighted by molar-refractivity contribution is -0.128. The lowest BCUT2D eigenvalue weighted by Gasteiger charge is -2.19. The number of nitrogens with one attached hydrogen (secondary N) is 1. The number of nitrogens with two attached hydrogens (primary N) is 1. The molecule has 2 aromatic rings. The summed E-state index contributed by atoms with van der Waals surface area (Å²) in [7, 11) is 0. The van der Waals surface area contributed by atoms with Gasteiger partial charge in [0.15, 0.2) is 0 Å². The molecule has 1 atom stereocenters. The van der Waals surface area contributed by atoms with E-state index in [0.29, 0.717) is 18.0 Å². The topological polar surface area (TPSA) is 87.9 Å². The SMILES string of the molecule is NC(=O)C1(F)CCN(c2ncnc3[nH]ccc23)C1. The molecule has 0 radical (unpaired) electrons. The Hall–Kier alpha value is -2.18. The number of aromatic nitrogens is 3. The zero-order valence-corrected chi connectivity index (χ0v) is 9.56. The number of fused-ring (bicyclic) bond motifs is 1. The summed E-state index contributed by atoms with van der Waals surface area (Å²) in [6.45, 7) is 0.358. The molecule has 94 valence electrons. The summed E-state index contributed by atoms with van der Waals surface area (Å²) in [5, 5.41) is 0.811. The molecule has 3 heterocycles. The molecule has 1 aliphatic heterocycles. The maximum absolute atomic E-state index is 14.1. The van der Waals surface area contributed by atoms with Crippen LogP contribution in [0.5, 0.6) is 0 Å². The standard InChI is InChI=1S/C11H12FN5O/c12-11(10(13)18)2-4-17(5-11)9-7-1-3-14-8(7)15-6-16-9/h1,3,6H,2,4-5H2,(H2,13,18)(H,14,15,16). The number of hydrogen-bond acceptors (Lipinski definition) is 4. The van der Waals surface area contributed by atoms with Gasteiger partial charge in [-0.05, 0) is 6.07 Å². The van der Waals surface area contributed by atoms with E-state index in [-0.39, 0.29) is 13.0 Å². The number of carbonyl (C=O) groups is 1. The van der Waals surface area contributed by atoms with E-state index in [4.69, 9.17) is 5.73 Å². The van der Waals surface area contributed by atoms with Crippen molar-refractivity contribution in [1.82, 2.24) is 15.0 Å². The van der Waals surface area contributed by atoms with Crippen LogP contribution in [0.15, 0.2) is 18.6 Å². The number of anilines is 1. The van der Waals surface area contributed by atoms with Gasteiger partial charge in [0.25, 0.3) is 5.91 Å². The predicted octanol–water partition coefficient (Wildman–Crippen LogP) is 0.362. The molecule has 1 amide bonds. The van der Waals surface area contributed by atoms with Gasteiger partial charge in [0, 0.05) is 19.2 Å². The molecule has 1 unspecified atom stereocenters. The van der Waals surface area contributed by atoms with Crippen molar-refractivity contribution in [3.63, 3.8) is 0 Å². The van der Waals surface area contributed by atoms with Gasteiger partial charge in [-0.2, -0.15) is 0 Å². The van der Waals surface area contributed by atoms with Gasteiger partial charge in [-0.3, -0.25) is 4.79 Å². The van der Waals surface area contributed by atoms with Crippen LogP contribution >= 0.6 is 0 Å². The van der Waals surface area contributed by atoms with Crippen LogP contribution in [0.1, 0.15) is 6.42 Å². The Morgan fingerprint density at radius 2 is 2.39 bits per heavy atom. The Balaban J connectivity index is 1.98. The van der Waals surface area contributed by atoms with Crippen LogP contribution in [0, 0.1) is 0 Å². The Morgan fingerprint density at radius 3 is 3.11 bits per heavy atom. The van der Waals surface area contributed by atoms with Crippen LogP contribution in [0.2, 0.25) is 0 Å². The predicted molar refractivity (Wildman–Crippen MR) is 63.8 cm³/mol. The van der Waals surface area contributed by atoms with Gasteiger partial charge < -0.3 is 15.6 Å². The molecule has 0 saturated carbocycles. The number of halogens is 1. The summed E-state index contributed by atoms with van der Waals surface area (Å²) in [5.74, 6) is -0.286. The molecule has 1 aliphatic rings. The summed E-state index contributed by atoms with van der Waals surface area (Å²) in [6.07, 6.45) is 3.25. The molecule has 0 bridgehead atoms. The highest BCUT2D eigenvalue weighted by molar-refractivity contribution is 5.89. The highest BCUT2D eigenvalue weighted by Crippen LogP contribution is 2.31. The van der Waals surface area contributed by atoms with Crippen molar-refractivity contribution >= 4 is 22.8 Å². The Kier molecular flexibility index (Phi) is 2.22. The molecular weight excluding hydrogens is 237 g/mol. The van der Waals surface area contributed by atoms with E-state index in [1.54, 1.807) is 11.1 Å². The number of primary amides is 1. The van der Waals surface area contributed by atoms with E-state index in [0.717, 1.165) is 5.39 Å². The molecule has 1 fully saturated rings. The Bertz CT molecular complexity index is 612. The second kappa shape index (κ2) is 3.66. The number of rotatable bonds is 2. The molecule has 1 saturated heterocycles. The van der Waals surface area contributed by atoms with E-state index in [1.165, 1.54) is 6.33 Å². The van der Waals surface area contributed by atoms with Gasteiger partial charge in [-0.15, -0.1) is 0 Å². The third kappa shape index (κ3) is 1.51. The van der Waals surface area contributed by atoms with Crippen LogP contribution < -0.4 is 10.6 Å². The molecule has 2 aromatic heterocycles. The van der Waals surface area contributed by atoms with E-state index in [1.807, 2.05) is 6.07 Å². The molecule has 6 nitrogen and oxygen atoms in total. The second-order valence-corrected chi connectivity index (χ2v) is 4.44. The molecule has 3 N–H and O–H groups in total. The number of aromatic amines is 1. The first kappa shape index (κ1) is 10.9. The van der Waals surface area contributed by atoms with E-state index in [9.17, 15) is 9.18 Å². The first-order valence-corrected chi connectivity index (χ1v) is 5.62. The number of carbonyl (C=O) groups excluding carboxylic acids is 1. The summed E-state index contributed by atoms with van der Waals surface area (Å²) < 4.78 is 14.1. The minimum atomic E-state index is -1.96. The average molecular weight is 249 g/mol. The Morgan fingerprint density at radius 1 is 1.56 bits per heavy atom. The van der Waals surface area contributed by atoms with Crippen molar-refractivity contribution < 1.29 is 9.18 Å². The zero-order chi connectivity index (χ0) is 12.8. The van der Waals surface area contributed by atoms with E-state index >= 15 is 0 Å². The van der Waals surface area contributed by atoms with Gasteiger partial charge in [0.05, 0.1) is 11.9 Å². The van der Waals surface area contributed by atoms with Crippen molar-refractivity contribution in [3.8, 4) is 0 Å². The van der Waals surface area contributed by atoms with Gasteiger partial charge in [-0.25, -0.2) is 14.4 Å². The van der Waals surface area contributed by atoms with E-state index < -0.39 is 11.6 Å². The lowest BCUT2D eigenvalue weighted by Crippen LogP contribution is -2.42. The lowest BCUT2D eigenvalue weighted by atomic mass is 10.1. The molecule has 0 spiro atoms. The van der Waals surface area contributed by atoms with Crippen molar-refractivity contribution in [3.05, 3.63) is 18.6 Å². The molecule has 7 heteroatoms.